The number of carbonyl (C=O) groups excluding carboxylic acids is 1. The van der Waals surface area contributed by atoms with Crippen LogP contribution in [-0.2, 0) is 14.3 Å². The van der Waals surface area contributed by atoms with Gasteiger partial charge in [-0.25, -0.2) is 0 Å². The van der Waals surface area contributed by atoms with Crippen molar-refractivity contribution < 1.29 is 19.4 Å². The van der Waals surface area contributed by atoms with Crippen molar-refractivity contribution in [2.24, 2.45) is 0 Å². The number of carboxylic acid groups (broad SMARTS) is 1. The molecule has 0 radical (unpaired) electrons. The minimum atomic E-state index is -1.03. The Labute approximate surface area is 105 Å². The van der Waals surface area contributed by atoms with Crippen molar-refractivity contribution in [2.75, 3.05) is 18.1 Å². The maximum absolute atomic E-state index is 12.1. The van der Waals surface area contributed by atoms with Gasteiger partial charge in [0, 0.05) is 12.2 Å². The molecule has 1 atom stereocenters. The van der Waals surface area contributed by atoms with Crippen molar-refractivity contribution in [1.82, 2.24) is 0 Å². The van der Waals surface area contributed by atoms with Gasteiger partial charge in [0.25, 0.3) is 5.91 Å². The number of aliphatic carboxylic acids is 1. The smallest absolute Gasteiger partial charge is 0.306 e. The zero-order valence-corrected chi connectivity index (χ0v) is 10.1. The molecular formula is C13H15NO4. The van der Waals surface area contributed by atoms with Gasteiger partial charge in [-0.05, 0) is 19.1 Å². The molecule has 1 fully saturated rings. The van der Waals surface area contributed by atoms with E-state index in [0.717, 1.165) is 11.3 Å². The summed E-state index contributed by atoms with van der Waals surface area (Å²) in [5, 5.41) is 8.73. The second-order valence-electron chi connectivity index (χ2n) is 4.28. The molecule has 1 aromatic carbocycles. The second kappa shape index (κ2) is 5.18. The lowest BCUT2D eigenvalue weighted by Gasteiger charge is -2.31. The molecule has 0 aromatic heterocycles. The number of aryl methyl sites for hydroxylation is 1. The molecule has 0 spiro atoms. The molecule has 1 amide bonds. The molecule has 0 bridgehead atoms. The molecule has 5 nitrogen and oxygen atoms in total. The summed E-state index contributed by atoms with van der Waals surface area (Å²) in [6, 6.07) is 7.56. The van der Waals surface area contributed by atoms with Gasteiger partial charge in [0.05, 0.1) is 13.0 Å². The number of benzene rings is 1. The molecule has 1 saturated heterocycles. The fourth-order valence-corrected chi connectivity index (χ4v) is 1.93. The zero-order chi connectivity index (χ0) is 13.1. The van der Waals surface area contributed by atoms with Gasteiger partial charge in [0.1, 0.15) is 6.10 Å². The van der Waals surface area contributed by atoms with E-state index in [1.165, 1.54) is 0 Å². The van der Waals surface area contributed by atoms with Crippen LogP contribution in [0.4, 0.5) is 5.69 Å². The third-order valence-corrected chi connectivity index (χ3v) is 2.88. The summed E-state index contributed by atoms with van der Waals surface area (Å²) in [7, 11) is 0. The van der Waals surface area contributed by atoms with Gasteiger partial charge in [0.15, 0.2) is 0 Å². The maximum atomic E-state index is 12.1. The SMILES string of the molecule is Cc1ccc(N2CCOC(CC(=O)O)C2=O)cc1. The molecule has 0 aliphatic carbocycles. The first-order valence-electron chi connectivity index (χ1n) is 5.79. The van der Waals surface area contributed by atoms with Crippen molar-refractivity contribution in [3.63, 3.8) is 0 Å². The Bertz CT molecular complexity index is 455. The number of anilines is 1. The first kappa shape index (κ1) is 12.6. The molecule has 1 unspecified atom stereocenters. The summed E-state index contributed by atoms with van der Waals surface area (Å²) in [4.78, 5) is 24.3. The Morgan fingerprint density at radius 2 is 2.11 bits per heavy atom. The van der Waals surface area contributed by atoms with E-state index in [1.54, 1.807) is 4.90 Å². The Hall–Kier alpha value is -1.88. The molecule has 0 saturated carbocycles. The van der Waals surface area contributed by atoms with Crippen LogP contribution in [0.5, 0.6) is 0 Å². The monoisotopic (exact) mass is 249 g/mol. The van der Waals surface area contributed by atoms with Crippen molar-refractivity contribution in [1.29, 1.82) is 0 Å². The van der Waals surface area contributed by atoms with Crippen LogP contribution in [0, 0.1) is 6.92 Å². The summed E-state index contributed by atoms with van der Waals surface area (Å²) in [5.74, 6) is -1.31. The lowest BCUT2D eigenvalue weighted by atomic mass is 10.1. The molecule has 1 aromatic rings. The standard InChI is InChI=1S/C13H15NO4/c1-9-2-4-10(5-3-9)14-6-7-18-11(13(14)17)8-12(15)16/h2-5,11H,6-8H2,1H3,(H,15,16). The van der Waals surface area contributed by atoms with Crippen LogP contribution in [0.2, 0.25) is 0 Å². The number of nitrogens with zero attached hydrogens (tertiary/aromatic N) is 1. The molecule has 1 aliphatic heterocycles. The topological polar surface area (TPSA) is 66.8 Å². The maximum Gasteiger partial charge on any atom is 0.306 e. The Morgan fingerprint density at radius 3 is 2.72 bits per heavy atom. The molecular weight excluding hydrogens is 234 g/mol. The quantitative estimate of drug-likeness (QED) is 0.874. The highest BCUT2D eigenvalue weighted by Crippen LogP contribution is 2.20. The summed E-state index contributed by atoms with van der Waals surface area (Å²) < 4.78 is 5.20. The molecule has 1 N–H and O–H groups in total. The minimum absolute atomic E-state index is 0.285. The zero-order valence-electron chi connectivity index (χ0n) is 10.1. The van der Waals surface area contributed by atoms with E-state index in [1.807, 2.05) is 31.2 Å². The Balaban J connectivity index is 2.15. The lowest BCUT2D eigenvalue weighted by molar-refractivity contribution is -0.147. The van der Waals surface area contributed by atoms with Crippen LogP contribution in [0.25, 0.3) is 0 Å². The Morgan fingerprint density at radius 1 is 1.44 bits per heavy atom. The van der Waals surface area contributed by atoms with Crippen molar-refractivity contribution in [3.8, 4) is 0 Å². The average molecular weight is 249 g/mol. The fourth-order valence-electron chi connectivity index (χ4n) is 1.93. The van der Waals surface area contributed by atoms with Gasteiger partial charge in [0.2, 0.25) is 0 Å². The number of hydrogen-bond donors (Lipinski definition) is 1. The number of hydrogen-bond acceptors (Lipinski definition) is 3. The van der Waals surface area contributed by atoms with Gasteiger partial charge >= 0.3 is 5.97 Å². The first-order valence-corrected chi connectivity index (χ1v) is 5.79. The fraction of sp³-hybridized carbons (Fsp3) is 0.385. The number of carboxylic acids is 1. The molecule has 2 rings (SSSR count). The molecule has 18 heavy (non-hydrogen) atoms. The Kier molecular flexibility index (Phi) is 3.62. The van der Waals surface area contributed by atoms with Crippen molar-refractivity contribution >= 4 is 17.6 Å². The first-order chi connectivity index (χ1) is 8.58. The third kappa shape index (κ3) is 2.68. The predicted octanol–water partition coefficient (Wildman–Crippen LogP) is 1.20. The van der Waals surface area contributed by atoms with E-state index < -0.39 is 12.1 Å². The number of carbonyl (C=O) groups is 2. The van der Waals surface area contributed by atoms with Crippen LogP contribution >= 0.6 is 0 Å². The normalized spacial score (nSPS) is 19.9. The highest BCUT2D eigenvalue weighted by atomic mass is 16.5. The van der Waals surface area contributed by atoms with Gasteiger partial charge in [-0.1, -0.05) is 17.7 Å². The van der Waals surface area contributed by atoms with Crippen LogP contribution in [0.3, 0.4) is 0 Å². The second-order valence-corrected chi connectivity index (χ2v) is 4.28. The van der Waals surface area contributed by atoms with E-state index in [-0.39, 0.29) is 12.3 Å². The molecule has 5 heteroatoms. The van der Waals surface area contributed by atoms with Crippen molar-refractivity contribution in [2.45, 2.75) is 19.4 Å². The summed E-state index contributed by atoms with van der Waals surface area (Å²) in [6.45, 7) is 2.79. The lowest BCUT2D eigenvalue weighted by Crippen LogP contribution is -2.48. The number of morpholine rings is 1. The van der Waals surface area contributed by atoms with Gasteiger partial charge < -0.3 is 14.7 Å². The number of ether oxygens (including phenoxy) is 1. The molecule has 1 aliphatic rings. The van der Waals surface area contributed by atoms with Crippen LogP contribution in [0.1, 0.15) is 12.0 Å². The van der Waals surface area contributed by atoms with Crippen molar-refractivity contribution in [3.05, 3.63) is 29.8 Å². The van der Waals surface area contributed by atoms with Crippen LogP contribution in [-0.4, -0.2) is 36.2 Å². The number of rotatable bonds is 3. The van der Waals surface area contributed by atoms with E-state index in [4.69, 9.17) is 9.84 Å². The third-order valence-electron chi connectivity index (χ3n) is 2.88. The van der Waals surface area contributed by atoms with E-state index >= 15 is 0 Å². The molecule has 1 heterocycles. The summed E-state index contributed by atoms with van der Waals surface area (Å²) in [5.41, 5.74) is 1.89. The van der Waals surface area contributed by atoms with Crippen LogP contribution in [0.15, 0.2) is 24.3 Å². The highest BCUT2D eigenvalue weighted by molar-refractivity contribution is 5.98. The highest BCUT2D eigenvalue weighted by Gasteiger charge is 2.32. The minimum Gasteiger partial charge on any atom is -0.481 e. The van der Waals surface area contributed by atoms with Gasteiger partial charge in [-0.15, -0.1) is 0 Å². The van der Waals surface area contributed by atoms with Gasteiger partial charge in [-0.3, -0.25) is 9.59 Å². The summed E-state index contributed by atoms with van der Waals surface area (Å²) in [6.07, 6.45) is -1.17. The van der Waals surface area contributed by atoms with E-state index in [0.29, 0.717) is 13.2 Å². The van der Waals surface area contributed by atoms with Gasteiger partial charge in [-0.2, -0.15) is 0 Å². The van der Waals surface area contributed by atoms with E-state index in [9.17, 15) is 9.59 Å². The van der Waals surface area contributed by atoms with E-state index in [2.05, 4.69) is 0 Å². The largest absolute Gasteiger partial charge is 0.481 e. The summed E-state index contributed by atoms with van der Waals surface area (Å²) >= 11 is 0. The molecule has 96 valence electrons. The number of amides is 1. The van der Waals surface area contributed by atoms with Crippen LogP contribution < -0.4 is 4.90 Å². The predicted molar refractivity (Wildman–Crippen MR) is 65.5 cm³/mol. The average Bonchev–Trinajstić information content (AvgIpc) is 2.33.